The third kappa shape index (κ3) is 2.66. The van der Waals surface area contributed by atoms with E-state index in [-0.39, 0.29) is 35.2 Å². The Morgan fingerprint density at radius 2 is 1.85 bits per heavy atom. The highest BCUT2D eigenvalue weighted by Gasteiger charge is 2.49. The average Bonchev–Trinajstić information content (AvgIpc) is 2.90. The molecule has 0 aromatic rings. The molecule has 1 heterocycles. The van der Waals surface area contributed by atoms with Crippen molar-refractivity contribution in [1.82, 2.24) is 16.3 Å². The predicted octanol–water partition coefficient (Wildman–Crippen LogP) is -0.536. The van der Waals surface area contributed by atoms with Crippen LogP contribution in [0.5, 0.6) is 0 Å². The fourth-order valence-electron chi connectivity index (χ4n) is 3.68. The van der Waals surface area contributed by atoms with E-state index in [1.54, 1.807) is 0 Å². The molecule has 0 radical (unpaired) electrons. The molecule has 3 rings (SSSR count). The highest BCUT2D eigenvalue weighted by molar-refractivity contribution is 5.01. The Kier molecular flexibility index (Phi) is 4.18. The maximum absolute atomic E-state index is 11.1. The average molecular weight is 286 g/mol. The molecule has 4 N–H and O–H groups in total. The fourth-order valence-corrected chi connectivity index (χ4v) is 3.68. The summed E-state index contributed by atoms with van der Waals surface area (Å²) in [6.45, 7) is 0. The standard InChI is InChI=1S/C12H22N4O4/c17-10-4-2-1-3-7(10)13-8-5-6-9(16(18)19)12-11(8)14-20-15-12/h7-15,17H,1-6H2. The van der Waals surface area contributed by atoms with Crippen LogP contribution in [0.1, 0.15) is 38.5 Å². The molecule has 0 bridgehead atoms. The molecule has 3 aliphatic rings. The summed E-state index contributed by atoms with van der Waals surface area (Å²) in [4.78, 5) is 15.8. The normalized spacial score (nSPS) is 45.0. The van der Waals surface area contributed by atoms with Crippen LogP contribution in [-0.4, -0.2) is 46.3 Å². The van der Waals surface area contributed by atoms with Gasteiger partial charge in [0.25, 0.3) is 0 Å². The van der Waals surface area contributed by atoms with Gasteiger partial charge in [-0.1, -0.05) is 12.8 Å². The summed E-state index contributed by atoms with van der Waals surface area (Å²) in [5.41, 5.74) is 5.55. The molecular weight excluding hydrogens is 264 g/mol. The molecule has 6 atom stereocenters. The molecule has 20 heavy (non-hydrogen) atoms. The molecule has 0 amide bonds. The number of nitro groups is 1. The molecule has 8 heteroatoms. The van der Waals surface area contributed by atoms with Crippen LogP contribution in [0.3, 0.4) is 0 Å². The second-order valence-electron chi connectivity index (χ2n) is 6.05. The van der Waals surface area contributed by atoms with Crippen LogP contribution in [0.2, 0.25) is 0 Å². The van der Waals surface area contributed by atoms with E-state index in [0.717, 1.165) is 25.7 Å². The van der Waals surface area contributed by atoms with E-state index in [0.29, 0.717) is 12.8 Å². The van der Waals surface area contributed by atoms with Crippen molar-refractivity contribution < 1.29 is 15.0 Å². The van der Waals surface area contributed by atoms with Gasteiger partial charge in [0.2, 0.25) is 6.04 Å². The second-order valence-corrected chi connectivity index (χ2v) is 6.05. The Hall–Kier alpha value is -0.800. The third-order valence-electron chi connectivity index (χ3n) is 4.83. The van der Waals surface area contributed by atoms with E-state index in [1.807, 2.05) is 0 Å². The van der Waals surface area contributed by atoms with E-state index < -0.39 is 6.04 Å². The Balaban J connectivity index is 1.64. The molecular formula is C12H22N4O4. The first kappa shape index (κ1) is 14.2. The number of hydrogen-bond donors (Lipinski definition) is 4. The predicted molar refractivity (Wildman–Crippen MR) is 70.1 cm³/mol. The summed E-state index contributed by atoms with van der Waals surface area (Å²) in [6, 6.07) is -0.900. The summed E-state index contributed by atoms with van der Waals surface area (Å²) < 4.78 is 0. The second kappa shape index (κ2) is 5.90. The SMILES string of the molecule is O=[N+]([O-])C1CCC(NC2CCCCC2O)C2NONC21. The topological polar surface area (TPSA) is 109 Å². The maximum Gasteiger partial charge on any atom is 0.232 e. The molecule has 2 saturated carbocycles. The summed E-state index contributed by atoms with van der Waals surface area (Å²) in [5.74, 6) is 0. The Labute approximate surface area is 117 Å². The molecule has 2 aliphatic carbocycles. The van der Waals surface area contributed by atoms with Gasteiger partial charge < -0.3 is 10.4 Å². The highest BCUT2D eigenvalue weighted by Crippen LogP contribution is 2.27. The van der Waals surface area contributed by atoms with Crippen molar-refractivity contribution in [3.63, 3.8) is 0 Å². The van der Waals surface area contributed by atoms with Gasteiger partial charge in [-0.2, -0.15) is 11.0 Å². The lowest BCUT2D eigenvalue weighted by Gasteiger charge is -2.38. The third-order valence-corrected chi connectivity index (χ3v) is 4.83. The minimum Gasteiger partial charge on any atom is -0.392 e. The molecule has 0 spiro atoms. The summed E-state index contributed by atoms with van der Waals surface area (Å²) in [6.07, 6.45) is 4.91. The van der Waals surface area contributed by atoms with Crippen LogP contribution in [0.25, 0.3) is 0 Å². The monoisotopic (exact) mass is 286 g/mol. The lowest BCUT2D eigenvalue weighted by molar-refractivity contribution is -0.530. The first-order chi connectivity index (χ1) is 9.66. The lowest BCUT2D eigenvalue weighted by atomic mass is 9.82. The zero-order valence-corrected chi connectivity index (χ0v) is 11.3. The fraction of sp³-hybridized carbons (Fsp3) is 1.00. The molecule has 0 aromatic heterocycles. The molecule has 6 unspecified atom stereocenters. The number of fused-ring (bicyclic) bond motifs is 1. The first-order valence-corrected chi connectivity index (χ1v) is 7.41. The number of hydrogen-bond acceptors (Lipinski definition) is 7. The van der Waals surface area contributed by atoms with Gasteiger partial charge in [0.15, 0.2) is 0 Å². The molecule has 114 valence electrons. The Morgan fingerprint density at radius 3 is 2.60 bits per heavy atom. The first-order valence-electron chi connectivity index (χ1n) is 7.41. The van der Waals surface area contributed by atoms with E-state index >= 15 is 0 Å². The Morgan fingerprint density at radius 1 is 1.10 bits per heavy atom. The van der Waals surface area contributed by atoms with Crippen molar-refractivity contribution in [2.75, 3.05) is 0 Å². The molecule has 1 aliphatic heterocycles. The van der Waals surface area contributed by atoms with Crippen LogP contribution < -0.4 is 16.3 Å². The van der Waals surface area contributed by atoms with E-state index in [2.05, 4.69) is 16.3 Å². The summed E-state index contributed by atoms with van der Waals surface area (Å²) in [5, 5.41) is 24.6. The molecule has 3 fully saturated rings. The van der Waals surface area contributed by atoms with Crippen LogP contribution in [0, 0.1) is 10.1 Å². The van der Waals surface area contributed by atoms with Gasteiger partial charge in [0, 0.05) is 23.4 Å². The van der Waals surface area contributed by atoms with Crippen LogP contribution in [-0.2, 0) is 4.94 Å². The number of aliphatic hydroxyl groups is 1. The lowest BCUT2D eigenvalue weighted by Crippen LogP contribution is -2.62. The van der Waals surface area contributed by atoms with E-state index in [9.17, 15) is 15.2 Å². The van der Waals surface area contributed by atoms with Crippen molar-refractivity contribution in [2.24, 2.45) is 0 Å². The van der Waals surface area contributed by atoms with Crippen molar-refractivity contribution in [3.05, 3.63) is 10.1 Å². The maximum atomic E-state index is 11.1. The quantitative estimate of drug-likeness (QED) is 0.408. The highest BCUT2D eigenvalue weighted by atomic mass is 16.8. The van der Waals surface area contributed by atoms with Gasteiger partial charge in [-0.3, -0.25) is 10.1 Å². The van der Waals surface area contributed by atoms with E-state index in [4.69, 9.17) is 4.94 Å². The van der Waals surface area contributed by atoms with Crippen LogP contribution >= 0.6 is 0 Å². The minimum absolute atomic E-state index is 0.0870. The van der Waals surface area contributed by atoms with Crippen molar-refractivity contribution in [3.8, 4) is 0 Å². The van der Waals surface area contributed by atoms with Crippen LogP contribution in [0.15, 0.2) is 0 Å². The van der Waals surface area contributed by atoms with Crippen molar-refractivity contribution in [2.45, 2.75) is 74.8 Å². The molecule has 0 aromatic carbocycles. The number of aliphatic hydroxyl groups excluding tert-OH is 1. The van der Waals surface area contributed by atoms with Gasteiger partial charge in [0.05, 0.1) is 12.1 Å². The van der Waals surface area contributed by atoms with Crippen molar-refractivity contribution in [1.29, 1.82) is 0 Å². The number of hydroxylamine groups is 2. The Bertz CT molecular complexity index is 369. The zero-order valence-electron chi connectivity index (χ0n) is 11.3. The minimum atomic E-state index is -0.621. The van der Waals surface area contributed by atoms with Crippen LogP contribution in [0.4, 0.5) is 0 Å². The zero-order chi connectivity index (χ0) is 14.1. The van der Waals surface area contributed by atoms with Gasteiger partial charge in [0.1, 0.15) is 6.04 Å². The molecule has 8 nitrogen and oxygen atoms in total. The van der Waals surface area contributed by atoms with Gasteiger partial charge in [-0.15, -0.1) is 0 Å². The largest absolute Gasteiger partial charge is 0.392 e. The number of nitrogens with zero attached hydrogens (tertiary/aromatic N) is 1. The number of rotatable bonds is 3. The molecule has 1 saturated heterocycles. The number of nitrogens with one attached hydrogen (secondary N) is 3. The van der Waals surface area contributed by atoms with Crippen molar-refractivity contribution >= 4 is 0 Å². The van der Waals surface area contributed by atoms with Gasteiger partial charge in [-0.05, 0) is 19.3 Å². The summed E-state index contributed by atoms with van der Waals surface area (Å²) >= 11 is 0. The van der Waals surface area contributed by atoms with E-state index in [1.165, 1.54) is 0 Å². The smallest absolute Gasteiger partial charge is 0.232 e. The van der Waals surface area contributed by atoms with Gasteiger partial charge >= 0.3 is 0 Å². The summed E-state index contributed by atoms with van der Waals surface area (Å²) in [7, 11) is 0. The van der Waals surface area contributed by atoms with Gasteiger partial charge in [-0.25, -0.2) is 4.94 Å².